The van der Waals surface area contributed by atoms with Crippen LogP contribution in [0.4, 0.5) is 30.4 Å². The molecule has 4 aromatic rings. The molecule has 1 heterocycles. The number of rotatable bonds is 12. The summed E-state index contributed by atoms with van der Waals surface area (Å²) in [7, 11) is 0. The number of nitrogens with two attached hydrogens (primary N) is 1. The quantitative estimate of drug-likeness (QED) is 0.113. The number of nitrogens with one attached hydrogen (secondary N) is 3. The van der Waals surface area contributed by atoms with E-state index in [2.05, 4.69) is 20.9 Å². The first-order valence-electron chi connectivity index (χ1n) is 15.6. The Balaban J connectivity index is 0.000000698. The molecule has 1 saturated carbocycles. The zero-order valence-corrected chi connectivity index (χ0v) is 27.1. The molecule has 14 heteroatoms. The highest BCUT2D eigenvalue weighted by atomic mass is 19.4. The highest BCUT2D eigenvalue weighted by Crippen LogP contribution is 2.34. The maximum absolute atomic E-state index is 13.8. The zero-order chi connectivity index (χ0) is 35.7. The molecule has 0 saturated heterocycles. The van der Waals surface area contributed by atoms with Gasteiger partial charge in [-0.15, -0.1) is 0 Å². The van der Waals surface area contributed by atoms with Gasteiger partial charge in [0, 0.05) is 35.4 Å². The van der Waals surface area contributed by atoms with E-state index < -0.39 is 18.2 Å². The summed E-state index contributed by atoms with van der Waals surface area (Å²) in [5.74, 6) is -1.19. The molecule has 1 aromatic heterocycles. The second kappa shape index (κ2) is 16.0. The standard InChI is InChI=1S/C33H37N5O4.C2HF3O2/c1-4-41-29-18-24(10-13-28(29)42-20(2)3)30(37-26-11-12-27-23(17-26)14-15-35-31(27)34)33(40)36-19-21-6-5-7-25(16-21)38-32(39)22-8-9-22;3-2(4,5)1(6)7/h5-7,10-18,20,22,30,37H,4,8-9,19H2,1-3H3,(H2,34,35)(H,36,40)(H,38,39);(H,6,7). The highest BCUT2D eigenvalue weighted by molar-refractivity contribution is 5.95. The number of pyridine rings is 1. The van der Waals surface area contributed by atoms with Crippen molar-refractivity contribution in [1.29, 1.82) is 0 Å². The van der Waals surface area contributed by atoms with Gasteiger partial charge < -0.3 is 36.3 Å². The van der Waals surface area contributed by atoms with Crippen molar-refractivity contribution in [2.45, 2.75) is 58.5 Å². The predicted molar refractivity (Wildman–Crippen MR) is 179 cm³/mol. The second-order valence-electron chi connectivity index (χ2n) is 11.5. The van der Waals surface area contributed by atoms with E-state index in [1.54, 1.807) is 6.20 Å². The van der Waals surface area contributed by atoms with Gasteiger partial charge in [-0.3, -0.25) is 9.59 Å². The number of anilines is 3. The fourth-order valence-corrected chi connectivity index (χ4v) is 4.72. The molecule has 0 spiro atoms. The van der Waals surface area contributed by atoms with E-state index in [1.165, 1.54) is 0 Å². The summed E-state index contributed by atoms with van der Waals surface area (Å²) in [6, 6.07) is 19.9. The fraction of sp³-hybridized carbons (Fsp3) is 0.314. The van der Waals surface area contributed by atoms with E-state index in [9.17, 15) is 22.8 Å². The van der Waals surface area contributed by atoms with Crippen LogP contribution in [0, 0.1) is 5.92 Å². The monoisotopic (exact) mass is 681 g/mol. The van der Waals surface area contributed by atoms with Gasteiger partial charge >= 0.3 is 12.1 Å². The number of nitrogen functional groups attached to an aromatic ring is 1. The number of carbonyl (C=O) groups excluding carboxylic acids is 2. The number of nitrogens with zero attached hydrogens (tertiary/aromatic N) is 1. The number of carbonyl (C=O) groups is 3. The largest absolute Gasteiger partial charge is 0.490 e. The normalized spacial score (nSPS) is 13.1. The number of aromatic nitrogens is 1. The molecule has 6 N–H and O–H groups in total. The lowest BCUT2D eigenvalue weighted by Crippen LogP contribution is -2.33. The van der Waals surface area contributed by atoms with E-state index in [1.807, 2.05) is 87.5 Å². The SMILES string of the molecule is CCOc1cc(C(Nc2ccc3c(N)nccc3c2)C(=O)NCc2cccc(NC(=O)C3CC3)c2)ccc1OC(C)C.O=C(O)C(F)(F)F. The number of hydrogen-bond donors (Lipinski definition) is 5. The minimum Gasteiger partial charge on any atom is -0.490 e. The number of halogens is 3. The number of amides is 2. The third kappa shape index (κ3) is 10.5. The van der Waals surface area contributed by atoms with Crippen LogP contribution in [0.2, 0.25) is 0 Å². The first kappa shape index (κ1) is 36.3. The summed E-state index contributed by atoms with van der Waals surface area (Å²) < 4.78 is 43.6. The van der Waals surface area contributed by atoms with Crippen LogP contribution in [0.25, 0.3) is 10.8 Å². The molecular formula is C35H38F3N5O6. The lowest BCUT2D eigenvalue weighted by Gasteiger charge is -2.22. The first-order valence-corrected chi connectivity index (χ1v) is 15.6. The van der Waals surface area contributed by atoms with Gasteiger partial charge in [0.1, 0.15) is 11.9 Å². The van der Waals surface area contributed by atoms with Gasteiger partial charge in [0.25, 0.3) is 0 Å². The Bertz CT molecular complexity index is 1800. The van der Waals surface area contributed by atoms with Gasteiger partial charge in [-0.25, -0.2) is 9.78 Å². The Morgan fingerprint density at radius 1 is 1.00 bits per heavy atom. The average Bonchev–Trinajstić information content (AvgIpc) is 3.90. The number of carboxylic acids is 1. The minimum absolute atomic E-state index is 0.0309. The maximum Gasteiger partial charge on any atom is 0.490 e. The number of benzene rings is 3. The van der Waals surface area contributed by atoms with Crippen LogP contribution in [-0.4, -0.2) is 46.8 Å². The minimum atomic E-state index is -5.08. The Morgan fingerprint density at radius 2 is 1.73 bits per heavy atom. The molecular weight excluding hydrogens is 643 g/mol. The van der Waals surface area contributed by atoms with Crippen LogP contribution in [-0.2, 0) is 20.9 Å². The summed E-state index contributed by atoms with van der Waals surface area (Å²) in [6.07, 6.45) is -1.58. The fourth-order valence-electron chi connectivity index (χ4n) is 4.72. The van der Waals surface area contributed by atoms with Crippen LogP contribution >= 0.6 is 0 Å². The molecule has 1 unspecified atom stereocenters. The zero-order valence-electron chi connectivity index (χ0n) is 27.1. The van der Waals surface area contributed by atoms with E-state index in [-0.39, 0.29) is 30.4 Å². The van der Waals surface area contributed by atoms with Crippen molar-refractivity contribution in [3.63, 3.8) is 0 Å². The smallest absolute Gasteiger partial charge is 0.490 e. The van der Waals surface area contributed by atoms with Crippen molar-refractivity contribution in [2.75, 3.05) is 23.0 Å². The number of ether oxygens (including phenoxy) is 2. The summed E-state index contributed by atoms with van der Waals surface area (Å²) in [5.41, 5.74) is 9.11. The molecule has 3 aromatic carbocycles. The Kier molecular flexibility index (Phi) is 11.9. The predicted octanol–water partition coefficient (Wildman–Crippen LogP) is 6.45. The lowest BCUT2D eigenvalue weighted by atomic mass is 10.0. The third-order valence-electron chi connectivity index (χ3n) is 7.18. The van der Waals surface area contributed by atoms with Gasteiger partial charge in [0.15, 0.2) is 11.5 Å². The molecule has 1 atom stereocenters. The topological polar surface area (TPSA) is 165 Å². The van der Waals surface area contributed by atoms with Crippen LogP contribution in [0.15, 0.2) is 72.9 Å². The van der Waals surface area contributed by atoms with E-state index in [4.69, 9.17) is 25.1 Å². The number of hydrogen-bond acceptors (Lipinski definition) is 8. The summed E-state index contributed by atoms with van der Waals surface area (Å²) in [6.45, 7) is 6.56. The molecule has 5 rings (SSSR count). The van der Waals surface area contributed by atoms with Crippen LogP contribution in [0.1, 0.15) is 50.8 Å². The van der Waals surface area contributed by atoms with Crippen LogP contribution in [0.5, 0.6) is 11.5 Å². The Morgan fingerprint density at radius 3 is 2.39 bits per heavy atom. The van der Waals surface area contributed by atoms with Crippen molar-refractivity contribution < 1.29 is 42.1 Å². The molecule has 0 radical (unpaired) electrons. The van der Waals surface area contributed by atoms with Crippen LogP contribution in [0.3, 0.4) is 0 Å². The summed E-state index contributed by atoms with van der Waals surface area (Å²) >= 11 is 0. The van der Waals surface area contributed by atoms with Crippen molar-refractivity contribution in [2.24, 2.45) is 5.92 Å². The third-order valence-corrected chi connectivity index (χ3v) is 7.18. The number of aliphatic carboxylic acids is 1. The van der Waals surface area contributed by atoms with Crippen molar-refractivity contribution in [1.82, 2.24) is 10.3 Å². The molecule has 2 amide bonds. The van der Waals surface area contributed by atoms with Crippen molar-refractivity contribution in [3.8, 4) is 11.5 Å². The highest BCUT2D eigenvalue weighted by Gasteiger charge is 2.38. The molecule has 260 valence electrons. The van der Waals surface area contributed by atoms with E-state index >= 15 is 0 Å². The molecule has 49 heavy (non-hydrogen) atoms. The van der Waals surface area contributed by atoms with Gasteiger partial charge in [0.05, 0.1) is 12.7 Å². The number of fused-ring (bicyclic) bond motifs is 1. The van der Waals surface area contributed by atoms with Gasteiger partial charge in [0.2, 0.25) is 11.8 Å². The second-order valence-corrected chi connectivity index (χ2v) is 11.5. The van der Waals surface area contributed by atoms with Gasteiger partial charge in [-0.2, -0.15) is 13.2 Å². The van der Waals surface area contributed by atoms with E-state index in [0.29, 0.717) is 29.5 Å². The first-order chi connectivity index (χ1) is 23.2. The van der Waals surface area contributed by atoms with E-state index in [0.717, 1.165) is 40.6 Å². The lowest BCUT2D eigenvalue weighted by molar-refractivity contribution is -0.192. The van der Waals surface area contributed by atoms with Gasteiger partial charge in [-0.1, -0.05) is 18.2 Å². The molecule has 11 nitrogen and oxygen atoms in total. The molecule has 1 aliphatic rings. The number of carboxylic acid groups (broad SMARTS) is 1. The number of alkyl halides is 3. The Labute approximate surface area is 281 Å². The van der Waals surface area contributed by atoms with Crippen molar-refractivity contribution in [3.05, 3.63) is 84.1 Å². The molecule has 0 aliphatic heterocycles. The molecule has 1 aliphatic carbocycles. The molecule has 1 fully saturated rings. The van der Waals surface area contributed by atoms with Gasteiger partial charge in [-0.05, 0) is 98.7 Å². The summed E-state index contributed by atoms with van der Waals surface area (Å²) in [4.78, 5) is 39.1. The van der Waals surface area contributed by atoms with Crippen molar-refractivity contribution >= 4 is 45.7 Å². The molecule has 0 bridgehead atoms. The Hall–Kier alpha value is -5.53. The van der Waals surface area contributed by atoms with Crippen LogP contribution < -0.4 is 31.2 Å². The summed E-state index contributed by atoms with van der Waals surface area (Å²) in [5, 5.41) is 18.3. The maximum atomic E-state index is 13.8. The average molecular weight is 682 g/mol.